The fourth-order valence-electron chi connectivity index (χ4n) is 1.51. The lowest BCUT2D eigenvalue weighted by atomic mass is 10.0. The lowest BCUT2D eigenvalue weighted by Gasteiger charge is -2.23. The molecule has 106 valence electrons. The van der Waals surface area contributed by atoms with Crippen LogP contribution in [0.1, 0.15) is 13.3 Å². The SMILES string of the molecule is CC(NCC1(O)CCOC1)C(=O)NCC(F)(F)F. The van der Waals surface area contributed by atoms with Gasteiger partial charge in [-0.05, 0) is 6.92 Å². The molecule has 5 nitrogen and oxygen atoms in total. The van der Waals surface area contributed by atoms with Crippen LogP contribution >= 0.6 is 0 Å². The Bertz CT molecular complexity index is 291. The van der Waals surface area contributed by atoms with E-state index in [2.05, 4.69) is 5.32 Å². The van der Waals surface area contributed by atoms with E-state index in [4.69, 9.17) is 4.74 Å². The zero-order chi connectivity index (χ0) is 13.8. The summed E-state index contributed by atoms with van der Waals surface area (Å²) >= 11 is 0. The van der Waals surface area contributed by atoms with Crippen LogP contribution in [0, 0.1) is 0 Å². The molecule has 0 aromatic carbocycles. The first-order chi connectivity index (χ1) is 8.22. The van der Waals surface area contributed by atoms with Crippen molar-refractivity contribution in [1.82, 2.24) is 10.6 Å². The van der Waals surface area contributed by atoms with Crippen LogP contribution in [0.15, 0.2) is 0 Å². The Labute approximate surface area is 103 Å². The van der Waals surface area contributed by atoms with E-state index < -0.39 is 30.3 Å². The summed E-state index contributed by atoms with van der Waals surface area (Å²) < 4.78 is 40.6. The molecule has 0 spiro atoms. The Kier molecular flexibility index (Phi) is 4.94. The van der Waals surface area contributed by atoms with Gasteiger partial charge < -0.3 is 20.5 Å². The minimum Gasteiger partial charge on any atom is -0.386 e. The topological polar surface area (TPSA) is 70.6 Å². The van der Waals surface area contributed by atoms with E-state index in [-0.39, 0.29) is 13.2 Å². The number of ether oxygens (including phenoxy) is 1. The second-order valence-electron chi connectivity index (χ2n) is 4.46. The first-order valence-corrected chi connectivity index (χ1v) is 5.60. The fourth-order valence-corrected chi connectivity index (χ4v) is 1.51. The van der Waals surface area contributed by atoms with Gasteiger partial charge >= 0.3 is 6.18 Å². The third-order valence-corrected chi connectivity index (χ3v) is 2.68. The van der Waals surface area contributed by atoms with Crippen molar-refractivity contribution in [2.45, 2.75) is 31.2 Å². The number of carbonyl (C=O) groups is 1. The average molecular weight is 270 g/mol. The van der Waals surface area contributed by atoms with E-state index in [1.807, 2.05) is 0 Å². The molecule has 2 unspecified atom stereocenters. The molecule has 3 N–H and O–H groups in total. The summed E-state index contributed by atoms with van der Waals surface area (Å²) in [6, 6.07) is -0.808. The van der Waals surface area contributed by atoms with Gasteiger partial charge in [-0.25, -0.2) is 0 Å². The summed E-state index contributed by atoms with van der Waals surface area (Å²) in [6.07, 6.45) is -3.98. The molecule has 0 bridgehead atoms. The molecule has 8 heteroatoms. The van der Waals surface area contributed by atoms with Crippen molar-refractivity contribution in [2.24, 2.45) is 0 Å². The lowest BCUT2D eigenvalue weighted by molar-refractivity contribution is -0.139. The highest BCUT2D eigenvalue weighted by molar-refractivity contribution is 5.81. The quantitative estimate of drug-likeness (QED) is 0.647. The molecule has 1 aliphatic heterocycles. The van der Waals surface area contributed by atoms with Crippen molar-refractivity contribution in [3.05, 3.63) is 0 Å². The first-order valence-electron chi connectivity index (χ1n) is 5.60. The molecule has 0 saturated carbocycles. The van der Waals surface area contributed by atoms with Crippen LogP contribution in [-0.2, 0) is 9.53 Å². The third kappa shape index (κ3) is 5.19. The van der Waals surface area contributed by atoms with Gasteiger partial charge in [0.2, 0.25) is 5.91 Å². The van der Waals surface area contributed by atoms with E-state index in [1.54, 1.807) is 5.32 Å². The molecule has 1 heterocycles. The number of carbonyl (C=O) groups excluding carboxylic acids is 1. The van der Waals surface area contributed by atoms with Gasteiger partial charge in [0.25, 0.3) is 0 Å². The van der Waals surface area contributed by atoms with Crippen molar-refractivity contribution in [1.29, 1.82) is 0 Å². The Morgan fingerprint density at radius 3 is 2.72 bits per heavy atom. The molecule has 1 amide bonds. The zero-order valence-corrected chi connectivity index (χ0v) is 10.0. The number of alkyl halides is 3. The number of nitrogens with one attached hydrogen (secondary N) is 2. The van der Waals surface area contributed by atoms with Crippen LogP contribution in [0.25, 0.3) is 0 Å². The monoisotopic (exact) mass is 270 g/mol. The molecule has 0 aliphatic carbocycles. The maximum absolute atomic E-state index is 11.9. The second-order valence-corrected chi connectivity index (χ2v) is 4.46. The highest BCUT2D eigenvalue weighted by Crippen LogP contribution is 2.17. The van der Waals surface area contributed by atoms with Crippen LogP contribution in [-0.4, -0.2) is 55.1 Å². The maximum Gasteiger partial charge on any atom is 0.405 e. The van der Waals surface area contributed by atoms with E-state index in [9.17, 15) is 23.1 Å². The summed E-state index contributed by atoms with van der Waals surface area (Å²) in [4.78, 5) is 11.3. The van der Waals surface area contributed by atoms with Gasteiger partial charge in [-0.2, -0.15) is 13.2 Å². The molecule has 1 aliphatic rings. The second kappa shape index (κ2) is 5.85. The fraction of sp³-hybridized carbons (Fsp3) is 0.900. The number of amides is 1. The normalized spacial score (nSPS) is 26.1. The Balaban J connectivity index is 2.27. The van der Waals surface area contributed by atoms with Crippen molar-refractivity contribution in [2.75, 3.05) is 26.3 Å². The van der Waals surface area contributed by atoms with E-state index >= 15 is 0 Å². The molecule has 1 rings (SSSR count). The highest BCUT2D eigenvalue weighted by Gasteiger charge is 2.33. The van der Waals surface area contributed by atoms with Gasteiger partial charge in [-0.15, -0.1) is 0 Å². The highest BCUT2D eigenvalue weighted by atomic mass is 19.4. The largest absolute Gasteiger partial charge is 0.405 e. The predicted octanol–water partition coefficient (Wildman–Crippen LogP) is -0.206. The first kappa shape index (κ1) is 15.2. The van der Waals surface area contributed by atoms with Crippen molar-refractivity contribution >= 4 is 5.91 Å². The average Bonchev–Trinajstić information content (AvgIpc) is 2.69. The van der Waals surface area contributed by atoms with Crippen LogP contribution in [0.3, 0.4) is 0 Å². The Hall–Kier alpha value is -0.860. The number of rotatable bonds is 5. The molecular weight excluding hydrogens is 253 g/mol. The molecule has 2 atom stereocenters. The van der Waals surface area contributed by atoms with Crippen LogP contribution in [0.4, 0.5) is 13.2 Å². The molecule has 1 saturated heterocycles. The van der Waals surface area contributed by atoms with Gasteiger partial charge in [0.15, 0.2) is 0 Å². The molecular formula is C10H17F3N2O3. The minimum absolute atomic E-state index is 0.105. The van der Waals surface area contributed by atoms with Crippen molar-refractivity contribution in [3.63, 3.8) is 0 Å². The number of aliphatic hydroxyl groups is 1. The van der Waals surface area contributed by atoms with Gasteiger partial charge in [-0.3, -0.25) is 4.79 Å². The van der Waals surface area contributed by atoms with Gasteiger partial charge in [0.1, 0.15) is 12.1 Å². The maximum atomic E-state index is 11.9. The summed E-state index contributed by atoms with van der Waals surface area (Å²) in [7, 11) is 0. The van der Waals surface area contributed by atoms with Gasteiger partial charge in [-0.1, -0.05) is 0 Å². The number of hydrogen-bond donors (Lipinski definition) is 3. The molecule has 0 aromatic rings. The van der Waals surface area contributed by atoms with E-state index in [0.717, 1.165) is 0 Å². The number of halogens is 3. The predicted molar refractivity (Wildman–Crippen MR) is 56.9 cm³/mol. The Morgan fingerprint density at radius 2 is 2.22 bits per heavy atom. The standard InChI is InChI=1S/C10H17F3N2O3/c1-7(8(16)15-5-10(11,12)13)14-4-9(17)2-3-18-6-9/h7,14,17H,2-6H2,1H3,(H,15,16). The number of hydrogen-bond acceptors (Lipinski definition) is 4. The summed E-state index contributed by atoms with van der Waals surface area (Å²) in [6.45, 7) is 0.785. The summed E-state index contributed by atoms with van der Waals surface area (Å²) in [5.74, 6) is -0.755. The van der Waals surface area contributed by atoms with Gasteiger partial charge in [0, 0.05) is 19.6 Å². The van der Waals surface area contributed by atoms with Crippen LogP contribution in [0.5, 0.6) is 0 Å². The lowest BCUT2D eigenvalue weighted by Crippen LogP contribution is -2.50. The van der Waals surface area contributed by atoms with Crippen LogP contribution < -0.4 is 10.6 Å². The molecule has 0 aromatic heterocycles. The summed E-state index contributed by atoms with van der Waals surface area (Å²) in [5, 5.41) is 14.3. The van der Waals surface area contributed by atoms with Gasteiger partial charge in [0.05, 0.1) is 12.6 Å². The van der Waals surface area contributed by atoms with E-state index in [0.29, 0.717) is 13.0 Å². The smallest absolute Gasteiger partial charge is 0.386 e. The summed E-state index contributed by atoms with van der Waals surface area (Å²) in [5.41, 5.74) is -1.04. The van der Waals surface area contributed by atoms with Crippen molar-refractivity contribution < 1.29 is 27.8 Å². The molecule has 0 radical (unpaired) electrons. The molecule has 18 heavy (non-hydrogen) atoms. The third-order valence-electron chi connectivity index (χ3n) is 2.68. The minimum atomic E-state index is -4.42. The van der Waals surface area contributed by atoms with E-state index in [1.165, 1.54) is 6.92 Å². The zero-order valence-electron chi connectivity index (χ0n) is 10.0. The van der Waals surface area contributed by atoms with Crippen molar-refractivity contribution in [3.8, 4) is 0 Å². The molecule has 1 fully saturated rings. The Morgan fingerprint density at radius 1 is 1.56 bits per heavy atom. The van der Waals surface area contributed by atoms with Crippen LogP contribution in [0.2, 0.25) is 0 Å².